The zero-order valence-electron chi connectivity index (χ0n) is 13.8. The molecule has 0 saturated carbocycles. The minimum Gasteiger partial charge on any atom is -0.265 e. The van der Waals surface area contributed by atoms with E-state index in [-0.39, 0.29) is 0 Å². The van der Waals surface area contributed by atoms with Gasteiger partial charge < -0.3 is 0 Å². The van der Waals surface area contributed by atoms with Gasteiger partial charge in [0.15, 0.2) is 0 Å². The van der Waals surface area contributed by atoms with Crippen LogP contribution in [0.4, 0.5) is 5.69 Å². The first-order valence-electron chi connectivity index (χ1n) is 8.02. The Bertz CT molecular complexity index is 1020. The summed E-state index contributed by atoms with van der Waals surface area (Å²) in [5.74, 6) is 0. The molecule has 0 aliphatic carbocycles. The van der Waals surface area contributed by atoms with Crippen molar-refractivity contribution in [3.63, 3.8) is 0 Å². The van der Waals surface area contributed by atoms with Gasteiger partial charge in [0.1, 0.15) is 5.01 Å². The summed E-state index contributed by atoms with van der Waals surface area (Å²) >= 11 is 1.71. The van der Waals surface area contributed by atoms with Crippen molar-refractivity contribution in [2.24, 2.45) is 10.2 Å². The van der Waals surface area contributed by atoms with Gasteiger partial charge in [0.25, 0.3) is 0 Å². The van der Waals surface area contributed by atoms with E-state index in [1.807, 2.05) is 36.4 Å². The van der Waals surface area contributed by atoms with E-state index >= 15 is 0 Å². The molecule has 0 spiro atoms. The number of aryl methyl sites for hydroxylation is 1. The molecule has 4 nitrogen and oxygen atoms in total. The van der Waals surface area contributed by atoms with Gasteiger partial charge >= 0.3 is 0 Å². The predicted molar refractivity (Wildman–Crippen MR) is 102 cm³/mol. The number of rotatable bonds is 4. The molecule has 0 amide bonds. The summed E-state index contributed by atoms with van der Waals surface area (Å²) in [6.07, 6.45) is 3.53. The molecule has 2 aromatic heterocycles. The Balaban J connectivity index is 1.51. The molecule has 5 heteroatoms. The summed E-state index contributed by atoms with van der Waals surface area (Å²) in [7, 11) is 0. The van der Waals surface area contributed by atoms with E-state index in [9.17, 15) is 0 Å². The highest BCUT2D eigenvalue weighted by Gasteiger charge is 2.06. The zero-order valence-corrected chi connectivity index (χ0v) is 14.6. The number of thiazole rings is 1. The van der Waals surface area contributed by atoms with Crippen LogP contribution in [0.15, 0.2) is 77.2 Å². The number of pyridine rings is 1. The van der Waals surface area contributed by atoms with Gasteiger partial charge in [-0.2, -0.15) is 10.2 Å². The first kappa shape index (κ1) is 15.6. The molecule has 0 atom stereocenters. The summed E-state index contributed by atoms with van der Waals surface area (Å²) in [4.78, 5) is 8.71. The molecular weight excluding hydrogens is 328 g/mol. The fraction of sp³-hybridized carbons (Fsp3) is 0.100. The van der Waals surface area contributed by atoms with E-state index < -0.39 is 0 Å². The lowest BCUT2D eigenvalue weighted by atomic mass is 10.2. The summed E-state index contributed by atoms with van der Waals surface area (Å²) in [6, 6.07) is 18.3. The lowest BCUT2D eigenvalue weighted by Gasteiger charge is -1.97. The third-order valence-electron chi connectivity index (χ3n) is 3.85. The van der Waals surface area contributed by atoms with Crippen molar-refractivity contribution in [2.45, 2.75) is 13.5 Å². The monoisotopic (exact) mass is 344 g/mol. The molecule has 4 rings (SSSR count). The van der Waals surface area contributed by atoms with Crippen LogP contribution in [0.5, 0.6) is 0 Å². The summed E-state index contributed by atoms with van der Waals surface area (Å²) in [5.41, 5.74) is 5.35. The van der Waals surface area contributed by atoms with Crippen LogP contribution in [0.25, 0.3) is 20.8 Å². The molecule has 2 heterocycles. The average molecular weight is 344 g/mol. The number of nitrogens with zero attached hydrogens (tertiary/aromatic N) is 4. The molecule has 0 fully saturated rings. The van der Waals surface area contributed by atoms with Crippen LogP contribution >= 0.6 is 11.3 Å². The van der Waals surface area contributed by atoms with Gasteiger partial charge in [-0.1, -0.05) is 6.07 Å². The molecule has 0 aliphatic heterocycles. The molecule has 25 heavy (non-hydrogen) atoms. The van der Waals surface area contributed by atoms with Crippen LogP contribution in [0.2, 0.25) is 0 Å². The fourth-order valence-corrected chi connectivity index (χ4v) is 3.58. The fourth-order valence-electron chi connectivity index (χ4n) is 2.51. The number of fused-ring (bicyclic) bond motifs is 1. The third-order valence-corrected chi connectivity index (χ3v) is 4.91. The maximum Gasteiger partial charge on any atom is 0.124 e. The Labute approximate surface area is 149 Å². The van der Waals surface area contributed by atoms with Crippen LogP contribution in [0.1, 0.15) is 11.1 Å². The SMILES string of the molecule is Cc1ccc2nc(-c3ccc(N=NCc4ccncc4)cc3)sc2c1. The van der Waals surface area contributed by atoms with E-state index in [0.717, 1.165) is 27.3 Å². The molecule has 0 radical (unpaired) electrons. The van der Waals surface area contributed by atoms with Crippen molar-refractivity contribution < 1.29 is 0 Å². The van der Waals surface area contributed by atoms with Crippen molar-refractivity contribution in [3.05, 3.63) is 78.1 Å². The van der Waals surface area contributed by atoms with Crippen molar-refractivity contribution in [2.75, 3.05) is 0 Å². The minimum absolute atomic E-state index is 0.557. The van der Waals surface area contributed by atoms with Crippen LogP contribution < -0.4 is 0 Å². The second kappa shape index (κ2) is 6.91. The number of azo groups is 1. The van der Waals surface area contributed by atoms with Crippen molar-refractivity contribution in [1.29, 1.82) is 0 Å². The maximum atomic E-state index is 4.71. The summed E-state index contributed by atoms with van der Waals surface area (Å²) in [6.45, 7) is 2.66. The van der Waals surface area contributed by atoms with Crippen LogP contribution in [0.3, 0.4) is 0 Å². The van der Waals surface area contributed by atoms with Gasteiger partial charge in [0.05, 0.1) is 22.4 Å². The molecule has 0 N–H and O–H groups in total. The molecule has 2 aromatic carbocycles. The van der Waals surface area contributed by atoms with Crippen LogP contribution in [0, 0.1) is 6.92 Å². The molecule has 0 aliphatic rings. The van der Waals surface area contributed by atoms with Gasteiger partial charge in [-0.05, 0) is 66.6 Å². The van der Waals surface area contributed by atoms with Gasteiger partial charge in [0.2, 0.25) is 0 Å². The average Bonchev–Trinajstić information content (AvgIpc) is 3.06. The highest BCUT2D eigenvalue weighted by atomic mass is 32.1. The number of hydrogen-bond acceptors (Lipinski definition) is 5. The quantitative estimate of drug-likeness (QED) is 0.429. The molecular formula is C20H16N4S. The number of hydrogen-bond donors (Lipinski definition) is 0. The minimum atomic E-state index is 0.557. The largest absolute Gasteiger partial charge is 0.265 e. The van der Waals surface area contributed by atoms with E-state index in [1.165, 1.54) is 10.3 Å². The highest BCUT2D eigenvalue weighted by Crippen LogP contribution is 2.31. The Morgan fingerprint density at radius 2 is 1.76 bits per heavy atom. The Morgan fingerprint density at radius 3 is 2.56 bits per heavy atom. The van der Waals surface area contributed by atoms with Crippen LogP contribution in [-0.2, 0) is 6.54 Å². The topological polar surface area (TPSA) is 50.5 Å². The Morgan fingerprint density at radius 1 is 0.960 bits per heavy atom. The Kier molecular flexibility index (Phi) is 4.31. The van der Waals surface area contributed by atoms with E-state index in [0.29, 0.717) is 6.54 Å². The van der Waals surface area contributed by atoms with E-state index in [4.69, 9.17) is 4.98 Å². The normalized spacial score (nSPS) is 11.4. The van der Waals surface area contributed by atoms with Gasteiger partial charge in [-0.3, -0.25) is 4.98 Å². The van der Waals surface area contributed by atoms with Gasteiger partial charge in [0, 0.05) is 18.0 Å². The lowest BCUT2D eigenvalue weighted by Crippen LogP contribution is -1.79. The first-order valence-corrected chi connectivity index (χ1v) is 8.84. The van der Waals surface area contributed by atoms with E-state index in [1.54, 1.807) is 23.7 Å². The number of benzene rings is 2. The Hall–Kier alpha value is -2.92. The first-order chi connectivity index (χ1) is 12.3. The lowest BCUT2D eigenvalue weighted by molar-refractivity contribution is 0.955. The number of aromatic nitrogens is 2. The highest BCUT2D eigenvalue weighted by molar-refractivity contribution is 7.21. The van der Waals surface area contributed by atoms with Gasteiger partial charge in [-0.15, -0.1) is 11.3 Å². The van der Waals surface area contributed by atoms with E-state index in [2.05, 4.69) is 40.3 Å². The zero-order chi connectivity index (χ0) is 17.1. The van der Waals surface area contributed by atoms with Crippen molar-refractivity contribution in [3.8, 4) is 10.6 Å². The maximum absolute atomic E-state index is 4.71. The molecule has 0 bridgehead atoms. The molecule has 0 unspecified atom stereocenters. The van der Waals surface area contributed by atoms with Crippen molar-refractivity contribution in [1.82, 2.24) is 9.97 Å². The summed E-state index contributed by atoms with van der Waals surface area (Å²) in [5, 5.41) is 9.55. The third kappa shape index (κ3) is 3.61. The predicted octanol–water partition coefficient (Wildman–Crippen LogP) is 5.95. The smallest absolute Gasteiger partial charge is 0.124 e. The van der Waals surface area contributed by atoms with Crippen molar-refractivity contribution >= 4 is 27.2 Å². The van der Waals surface area contributed by atoms with Gasteiger partial charge in [-0.25, -0.2) is 4.98 Å². The summed E-state index contributed by atoms with van der Waals surface area (Å²) < 4.78 is 1.22. The molecule has 0 saturated heterocycles. The second-order valence-electron chi connectivity index (χ2n) is 5.79. The standard InChI is InChI=1S/C20H16N4S/c1-14-2-7-18-19(12-14)25-20(23-18)16-3-5-17(6-4-16)24-22-13-15-8-10-21-11-9-15/h2-12H,13H2,1H3. The molecule has 4 aromatic rings. The molecule has 122 valence electrons. The second-order valence-corrected chi connectivity index (χ2v) is 6.82. The van der Waals surface area contributed by atoms with Crippen LogP contribution in [-0.4, -0.2) is 9.97 Å².